The summed E-state index contributed by atoms with van der Waals surface area (Å²) in [6, 6.07) is 20.3. The van der Waals surface area contributed by atoms with Gasteiger partial charge in [0.05, 0.1) is 6.20 Å². The molecule has 0 spiro atoms. The van der Waals surface area contributed by atoms with Gasteiger partial charge in [-0.25, -0.2) is 14.8 Å². The van der Waals surface area contributed by atoms with Crippen molar-refractivity contribution < 1.29 is 0 Å². The standard InChI is InChI=1S/C23H22N6O2/c1-26-20-19(22(30)27(2)23(26)31)24-15-18(25-20)21-28(16-9-5-3-6-10-16)13-14-29(21)17-11-7-4-8-12-17/h3-12,15,21H,13-14H2,1-2H3. The highest BCUT2D eigenvalue weighted by Gasteiger charge is 2.35. The van der Waals surface area contributed by atoms with Crippen LogP contribution in [0, 0.1) is 0 Å². The predicted molar refractivity (Wildman–Crippen MR) is 120 cm³/mol. The van der Waals surface area contributed by atoms with E-state index in [-0.39, 0.29) is 11.7 Å². The Hall–Kier alpha value is -3.94. The molecular formula is C23H22N6O2. The first kappa shape index (κ1) is 19.0. The predicted octanol–water partition coefficient (Wildman–Crippen LogP) is 2.05. The third-order valence-electron chi connectivity index (χ3n) is 5.78. The Morgan fingerprint density at radius 2 is 1.35 bits per heavy atom. The molecule has 2 aromatic heterocycles. The van der Waals surface area contributed by atoms with Crippen LogP contribution in [0.3, 0.4) is 0 Å². The fraction of sp³-hybridized carbons (Fsp3) is 0.217. The normalized spacial score (nSPS) is 14.5. The van der Waals surface area contributed by atoms with Crippen LogP contribution < -0.4 is 21.0 Å². The number of para-hydroxylation sites is 2. The number of hydrogen-bond acceptors (Lipinski definition) is 6. The highest BCUT2D eigenvalue weighted by atomic mass is 16.2. The number of aromatic nitrogens is 4. The van der Waals surface area contributed by atoms with Crippen LogP contribution in [0.1, 0.15) is 11.9 Å². The van der Waals surface area contributed by atoms with E-state index in [0.29, 0.717) is 11.3 Å². The molecule has 8 heteroatoms. The number of aryl methyl sites for hydroxylation is 1. The first-order valence-electron chi connectivity index (χ1n) is 10.1. The zero-order valence-electron chi connectivity index (χ0n) is 17.3. The molecule has 5 rings (SSSR count). The smallest absolute Gasteiger partial charge is 0.332 e. The summed E-state index contributed by atoms with van der Waals surface area (Å²) < 4.78 is 2.43. The third-order valence-corrected chi connectivity index (χ3v) is 5.78. The Morgan fingerprint density at radius 3 is 1.90 bits per heavy atom. The van der Waals surface area contributed by atoms with Gasteiger partial charge < -0.3 is 9.80 Å². The molecule has 0 amide bonds. The number of anilines is 2. The SMILES string of the molecule is Cn1c(=O)c2ncc(C3N(c4ccccc4)CCN3c3ccccc3)nc2n(C)c1=O. The Labute approximate surface area is 178 Å². The molecule has 0 saturated carbocycles. The maximum absolute atomic E-state index is 12.5. The summed E-state index contributed by atoms with van der Waals surface area (Å²) >= 11 is 0. The molecule has 0 atom stereocenters. The van der Waals surface area contributed by atoms with Gasteiger partial charge in [0.25, 0.3) is 5.56 Å². The number of fused-ring (bicyclic) bond motifs is 1. The molecule has 1 fully saturated rings. The summed E-state index contributed by atoms with van der Waals surface area (Å²) in [5.41, 5.74) is 2.44. The fourth-order valence-corrected chi connectivity index (χ4v) is 4.19. The molecule has 0 radical (unpaired) electrons. The summed E-state index contributed by atoms with van der Waals surface area (Å²) in [6.45, 7) is 1.61. The van der Waals surface area contributed by atoms with Crippen molar-refractivity contribution in [2.24, 2.45) is 14.1 Å². The molecule has 1 saturated heterocycles. The number of rotatable bonds is 3. The van der Waals surface area contributed by atoms with Gasteiger partial charge in [0.15, 0.2) is 11.2 Å². The van der Waals surface area contributed by atoms with Crippen molar-refractivity contribution in [1.82, 2.24) is 19.1 Å². The van der Waals surface area contributed by atoms with Crippen molar-refractivity contribution >= 4 is 22.5 Å². The molecule has 8 nitrogen and oxygen atoms in total. The first-order valence-corrected chi connectivity index (χ1v) is 10.1. The van der Waals surface area contributed by atoms with Crippen LogP contribution in [-0.4, -0.2) is 32.2 Å². The molecule has 0 bridgehead atoms. The van der Waals surface area contributed by atoms with Gasteiger partial charge in [-0.2, -0.15) is 0 Å². The molecule has 3 heterocycles. The van der Waals surface area contributed by atoms with Crippen molar-refractivity contribution in [2.75, 3.05) is 22.9 Å². The number of benzene rings is 2. The monoisotopic (exact) mass is 414 g/mol. The van der Waals surface area contributed by atoms with Gasteiger partial charge >= 0.3 is 5.69 Å². The summed E-state index contributed by atoms with van der Waals surface area (Å²) in [4.78, 5) is 38.7. The van der Waals surface area contributed by atoms with Gasteiger partial charge in [0.2, 0.25) is 0 Å². The Bertz CT molecular complexity index is 1320. The maximum Gasteiger partial charge on any atom is 0.332 e. The van der Waals surface area contributed by atoms with E-state index in [1.165, 1.54) is 11.6 Å². The number of hydrogen-bond donors (Lipinski definition) is 0. The van der Waals surface area contributed by atoms with E-state index in [4.69, 9.17) is 4.98 Å². The Balaban J connectivity index is 1.70. The second-order valence-electron chi connectivity index (χ2n) is 7.60. The van der Waals surface area contributed by atoms with Crippen LogP contribution in [0.4, 0.5) is 11.4 Å². The van der Waals surface area contributed by atoms with Crippen LogP contribution in [0.15, 0.2) is 76.4 Å². The minimum absolute atomic E-state index is 0.184. The Kier molecular flexibility index (Phi) is 4.54. The summed E-state index contributed by atoms with van der Waals surface area (Å²) in [6.07, 6.45) is 1.43. The van der Waals surface area contributed by atoms with Gasteiger partial charge in [0, 0.05) is 38.6 Å². The van der Waals surface area contributed by atoms with Gasteiger partial charge in [0.1, 0.15) is 11.9 Å². The summed E-state index contributed by atoms with van der Waals surface area (Å²) in [7, 11) is 3.06. The average molecular weight is 414 g/mol. The van der Waals surface area contributed by atoms with Crippen molar-refractivity contribution in [1.29, 1.82) is 0 Å². The van der Waals surface area contributed by atoms with Crippen LogP contribution in [0.5, 0.6) is 0 Å². The first-order chi connectivity index (χ1) is 15.1. The number of nitrogens with zero attached hydrogens (tertiary/aromatic N) is 6. The van der Waals surface area contributed by atoms with Crippen LogP contribution >= 0.6 is 0 Å². The van der Waals surface area contributed by atoms with Gasteiger partial charge in [-0.3, -0.25) is 13.9 Å². The quantitative estimate of drug-likeness (QED) is 0.511. The van der Waals surface area contributed by atoms with E-state index in [1.807, 2.05) is 36.4 Å². The van der Waals surface area contributed by atoms with Crippen molar-refractivity contribution in [3.05, 3.63) is 93.4 Å². The Morgan fingerprint density at radius 1 is 0.806 bits per heavy atom. The third kappa shape index (κ3) is 3.07. The van der Waals surface area contributed by atoms with Gasteiger partial charge in [-0.15, -0.1) is 0 Å². The van der Waals surface area contributed by atoms with Crippen molar-refractivity contribution in [2.45, 2.75) is 6.17 Å². The second kappa shape index (κ2) is 7.39. The van der Waals surface area contributed by atoms with Gasteiger partial charge in [-0.05, 0) is 24.3 Å². The minimum atomic E-state index is -0.441. The molecule has 0 aliphatic carbocycles. The van der Waals surface area contributed by atoms with E-state index in [2.05, 4.69) is 39.0 Å². The van der Waals surface area contributed by atoms with Crippen LogP contribution in [-0.2, 0) is 14.1 Å². The van der Waals surface area contributed by atoms with E-state index in [1.54, 1.807) is 13.2 Å². The zero-order valence-corrected chi connectivity index (χ0v) is 17.3. The lowest BCUT2D eigenvalue weighted by Gasteiger charge is -2.32. The fourth-order valence-electron chi connectivity index (χ4n) is 4.19. The van der Waals surface area contributed by atoms with E-state index in [9.17, 15) is 9.59 Å². The molecule has 156 valence electrons. The molecular weight excluding hydrogens is 392 g/mol. The highest BCUT2D eigenvalue weighted by molar-refractivity contribution is 5.69. The molecule has 1 aliphatic heterocycles. The molecule has 4 aromatic rings. The molecule has 0 unspecified atom stereocenters. The van der Waals surface area contributed by atoms with Crippen molar-refractivity contribution in [3.63, 3.8) is 0 Å². The van der Waals surface area contributed by atoms with E-state index < -0.39 is 11.2 Å². The average Bonchev–Trinajstić information content (AvgIpc) is 3.27. The van der Waals surface area contributed by atoms with Crippen LogP contribution in [0.2, 0.25) is 0 Å². The minimum Gasteiger partial charge on any atom is -0.344 e. The van der Waals surface area contributed by atoms with Gasteiger partial charge in [-0.1, -0.05) is 36.4 Å². The molecule has 2 aromatic carbocycles. The second-order valence-corrected chi connectivity index (χ2v) is 7.60. The summed E-state index contributed by atoms with van der Waals surface area (Å²) in [5, 5.41) is 0. The summed E-state index contributed by atoms with van der Waals surface area (Å²) in [5.74, 6) is 0. The van der Waals surface area contributed by atoms with Crippen LogP contribution in [0.25, 0.3) is 11.2 Å². The lowest BCUT2D eigenvalue weighted by atomic mass is 10.2. The molecule has 1 aliphatic rings. The zero-order chi connectivity index (χ0) is 21.5. The van der Waals surface area contributed by atoms with Crippen molar-refractivity contribution in [3.8, 4) is 0 Å². The lowest BCUT2D eigenvalue weighted by molar-refractivity contribution is 0.674. The largest absolute Gasteiger partial charge is 0.344 e. The molecule has 0 N–H and O–H groups in total. The highest BCUT2D eigenvalue weighted by Crippen LogP contribution is 2.36. The van der Waals surface area contributed by atoms with E-state index in [0.717, 1.165) is 29.0 Å². The van der Waals surface area contributed by atoms with E-state index >= 15 is 0 Å². The topological polar surface area (TPSA) is 76.3 Å². The maximum atomic E-state index is 12.5. The molecule has 31 heavy (non-hydrogen) atoms. The lowest BCUT2D eigenvalue weighted by Crippen LogP contribution is -2.38.